The Morgan fingerprint density at radius 1 is 1.29 bits per heavy atom. The molecule has 0 aromatic carbocycles. The van der Waals surface area contributed by atoms with Gasteiger partial charge in [-0.25, -0.2) is 9.97 Å². The van der Waals surface area contributed by atoms with Crippen molar-refractivity contribution in [3.05, 3.63) is 36.0 Å². The fraction of sp³-hybridized carbons (Fsp3) is 0.417. The van der Waals surface area contributed by atoms with Crippen LogP contribution in [0, 0.1) is 0 Å². The van der Waals surface area contributed by atoms with Gasteiger partial charge in [0.2, 0.25) is 0 Å². The maximum atomic E-state index is 5.64. The molecule has 2 aromatic rings. The minimum atomic E-state index is 0.567. The van der Waals surface area contributed by atoms with Crippen LogP contribution in [0.25, 0.3) is 0 Å². The summed E-state index contributed by atoms with van der Waals surface area (Å²) < 4.78 is 1.96. The fourth-order valence-corrected chi connectivity index (χ4v) is 1.79. The normalized spacial score (nSPS) is 10.6. The molecule has 5 nitrogen and oxygen atoms in total. The Morgan fingerprint density at radius 3 is 2.94 bits per heavy atom. The highest BCUT2D eigenvalue weighted by Crippen LogP contribution is 2.07. The first kappa shape index (κ1) is 11.6. The van der Waals surface area contributed by atoms with E-state index in [1.165, 1.54) is 5.56 Å². The third kappa shape index (κ3) is 3.03. The molecule has 0 radical (unpaired) electrons. The van der Waals surface area contributed by atoms with Crippen LogP contribution in [0.5, 0.6) is 0 Å². The summed E-state index contributed by atoms with van der Waals surface area (Å²) in [7, 11) is 0. The maximum absolute atomic E-state index is 5.64. The van der Waals surface area contributed by atoms with Crippen molar-refractivity contribution in [3.63, 3.8) is 0 Å². The van der Waals surface area contributed by atoms with Crippen LogP contribution in [0.2, 0.25) is 0 Å². The Labute approximate surface area is 101 Å². The summed E-state index contributed by atoms with van der Waals surface area (Å²) in [6, 6.07) is 3.89. The van der Waals surface area contributed by atoms with E-state index in [0.29, 0.717) is 5.82 Å². The molecule has 2 heterocycles. The van der Waals surface area contributed by atoms with Crippen molar-refractivity contribution in [1.82, 2.24) is 19.7 Å². The lowest BCUT2D eigenvalue weighted by atomic mass is 10.1. The van der Waals surface area contributed by atoms with Crippen molar-refractivity contribution >= 4 is 5.82 Å². The third-order valence-electron chi connectivity index (χ3n) is 2.61. The van der Waals surface area contributed by atoms with Crippen LogP contribution in [0.3, 0.4) is 0 Å². The van der Waals surface area contributed by atoms with Gasteiger partial charge in [0.05, 0.1) is 0 Å². The standard InChI is InChI=1S/C12H17N5/c1-2-7-17-12(15-9-16-17)4-3-10-5-6-14-11(13)8-10/h5-6,8-9H,2-4,7H2,1H3,(H2,13,14). The molecule has 0 unspecified atom stereocenters. The van der Waals surface area contributed by atoms with Crippen LogP contribution in [0.4, 0.5) is 5.82 Å². The molecule has 0 atom stereocenters. The lowest BCUT2D eigenvalue weighted by molar-refractivity contribution is 0.567. The predicted octanol–water partition coefficient (Wildman–Crippen LogP) is 1.45. The van der Waals surface area contributed by atoms with Crippen molar-refractivity contribution in [3.8, 4) is 0 Å². The van der Waals surface area contributed by atoms with E-state index in [1.54, 1.807) is 12.5 Å². The number of nitrogens with two attached hydrogens (primary N) is 1. The van der Waals surface area contributed by atoms with E-state index in [2.05, 4.69) is 22.0 Å². The third-order valence-corrected chi connectivity index (χ3v) is 2.61. The molecular weight excluding hydrogens is 214 g/mol. The van der Waals surface area contributed by atoms with Crippen molar-refractivity contribution in [2.45, 2.75) is 32.7 Å². The van der Waals surface area contributed by atoms with Gasteiger partial charge in [-0.1, -0.05) is 6.92 Å². The molecule has 2 rings (SSSR count). The fourth-order valence-electron chi connectivity index (χ4n) is 1.79. The first-order valence-electron chi connectivity index (χ1n) is 5.86. The number of anilines is 1. The van der Waals surface area contributed by atoms with Gasteiger partial charge in [-0.05, 0) is 30.5 Å². The summed E-state index contributed by atoms with van der Waals surface area (Å²) in [6.07, 6.45) is 6.21. The van der Waals surface area contributed by atoms with Gasteiger partial charge < -0.3 is 5.73 Å². The molecule has 0 amide bonds. The average Bonchev–Trinajstić information content (AvgIpc) is 2.75. The van der Waals surface area contributed by atoms with Gasteiger partial charge in [-0.2, -0.15) is 5.10 Å². The lowest BCUT2D eigenvalue weighted by Gasteiger charge is -2.04. The molecule has 0 saturated heterocycles. The summed E-state index contributed by atoms with van der Waals surface area (Å²) in [5.41, 5.74) is 6.82. The van der Waals surface area contributed by atoms with Crippen molar-refractivity contribution in [2.24, 2.45) is 0 Å². The predicted molar refractivity (Wildman–Crippen MR) is 66.4 cm³/mol. The molecule has 0 bridgehead atoms. The Bertz CT molecular complexity index is 477. The molecule has 0 saturated carbocycles. The first-order valence-corrected chi connectivity index (χ1v) is 5.86. The van der Waals surface area contributed by atoms with Crippen LogP contribution >= 0.6 is 0 Å². The Kier molecular flexibility index (Phi) is 3.69. The second-order valence-corrected chi connectivity index (χ2v) is 3.99. The van der Waals surface area contributed by atoms with Crippen LogP contribution in [0.1, 0.15) is 24.7 Å². The van der Waals surface area contributed by atoms with Gasteiger partial charge in [0, 0.05) is 19.2 Å². The van der Waals surface area contributed by atoms with E-state index in [9.17, 15) is 0 Å². The number of aryl methyl sites for hydroxylation is 3. The highest BCUT2D eigenvalue weighted by Gasteiger charge is 2.04. The molecule has 0 aliphatic carbocycles. The zero-order valence-corrected chi connectivity index (χ0v) is 10.0. The first-order chi connectivity index (χ1) is 8.29. The van der Waals surface area contributed by atoms with Gasteiger partial charge in [0.25, 0.3) is 0 Å². The van der Waals surface area contributed by atoms with E-state index in [4.69, 9.17) is 5.73 Å². The zero-order chi connectivity index (χ0) is 12.1. The lowest BCUT2D eigenvalue weighted by Crippen LogP contribution is -2.06. The summed E-state index contributed by atoms with van der Waals surface area (Å²) in [4.78, 5) is 8.25. The Morgan fingerprint density at radius 2 is 2.18 bits per heavy atom. The number of hydrogen-bond donors (Lipinski definition) is 1. The smallest absolute Gasteiger partial charge is 0.138 e. The highest BCUT2D eigenvalue weighted by atomic mass is 15.3. The van der Waals surface area contributed by atoms with Crippen LogP contribution < -0.4 is 5.73 Å². The number of nitrogens with zero attached hydrogens (tertiary/aromatic N) is 4. The van der Waals surface area contributed by atoms with Gasteiger partial charge in [0.15, 0.2) is 0 Å². The monoisotopic (exact) mass is 231 g/mol. The highest BCUT2D eigenvalue weighted by molar-refractivity contribution is 5.31. The summed E-state index contributed by atoms with van der Waals surface area (Å²) in [5.74, 6) is 1.60. The number of nitrogen functional groups attached to an aromatic ring is 1. The molecule has 0 aliphatic rings. The summed E-state index contributed by atoms with van der Waals surface area (Å²) >= 11 is 0. The van der Waals surface area contributed by atoms with Crippen molar-refractivity contribution in [1.29, 1.82) is 0 Å². The van der Waals surface area contributed by atoms with Gasteiger partial charge >= 0.3 is 0 Å². The number of rotatable bonds is 5. The quantitative estimate of drug-likeness (QED) is 0.845. The van der Waals surface area contributed by atoms with Crippen LogP contribution in [0.15, 0.2) is 24.7 Å². The second-order valence-electron chi connectivity index (χ2n) is 3.99. The van der Waals surface area contributed by atoms with Gasteiger partial charge in [0.1, 0.15) is 18.0 Å². The molecular formula is C12H17N5. The van der Waals surface area contributed by atoms with E-state index in [0.717, 1.165) is 31.6 Å². The van der Waals surface area contributed by atoms with E-state index >= 15 is 0 Å². The van der Waals surface area contributed by atoms with E-state index in [-0.39, 0.29) is 0 Å². The minimum absolute atomic E-state index is 0.567. The zero-order valence-electron chi connectivity index (χ0n) is 10.0. The average molecular weight is 231 g/mol. The Balaban J connectivity index is 1.99. The molecule has 90 valence electrons. The summed E-state index contributed by atoms with van der Waals surface area (Å²) in [5, 5.41) is 4.20. The van der Waals surface area contributed by atoms with E-state index in [1.807, 2.05) is 16.8 Å². The van der Waals surface area contributed by atoms with Gasteiger partial charge in [-0.15, -0.1) is 0 Å². The second kappa shape index (κ2) is 5.43. The van der Waals surface area contributed by atoms with Crippen molar-refractivity contribution < 1.29 is 0 Å². The minimum Gasteiger partial charge on any atom is -0.384 e. The SMILES string of the molecule is CCCn1ncnc1CCc1ccnc(N)c1. The summed E-state index contributed by atoms with van der Waals surface area (Å²) in [6.45, 7) is 3.06. The molecule has 2 N–H and O–H groups in total. The molecule has 2 aromatic heterocycles. The van der Waals surface area contributed by atoms with E-state index < -0.39 is 0 Å². The molecule has 5 heteroatoms. The van der Waals surface area contributed by atoms with Crippen molar-refractivity contribution in [2.75, 3.05) is 5.73 Å². The van der Waals surface area contributed by atoms with Gasteiger partial charge in [-0.3, -0.25) is 4.68 Å². The number of hydrogen-bond acceptors (Lipinski definition) is 4. The Hall–Kier alpha value is -1.91. The van der Waals surface area contributed by atoms with Crippen LogP contribution in [-0.2, 0) is 19.4 Å². The topological polar surface area (TPSA) is 69.6 Å². The number of aromatic nitrogens is 4. The molecule has 17 heavy (non-hydrogen) atoms. The molecule has 0 aliphatic heterocycles. The molecule has 0 spiro atoms. The van der Waals surface area contributed by atoms with Crippen LogP contribution in [-0.4, -0.2) is 19.7 Å². The number of pyridine rings is 1. The molecule has 0 fully saturated rings. The largest absolute Gasteiger partial charge is 0.384 e. The maximum Gasteiger partial charge on any atom is 0.138 e.